The molecule has 5 rings (SSSR count). The van der Waals surface area contributed by atoms with Gasteiger partial charge in [0, 0.05) is 38.0 Å². The van der Waals surface area contributed by atoms with Crippen LogP contribution in [0.25, 0.3) is 10.1 Å². The Bertz CT molecular complexity index is 1510. The molecular formula is C31H39N3O4S2. The van der Waals surface area contributed by atoms with Gasteiger partial charge in [-0.05, 0) is 74.1 Å². The summed E-state index contributed by atoms with van der Waals surface area (Å²) in [7, 11) is -1.77. The summed E-state index contributed by atoms with van der Waals surface area (Å²) < 4.78 is 30.5. The number of nitrogens with one attached hydrogen (secondary N) is 2. The summed E-state index contributed by atoms with van der Waals surface area (Å²) in [4.78, 5) is 3.70. The molecule has 214 valence electrons. The summed E-state index contributed by atoms with van der Waals surface area (Å²) >= 11 is 1.78. The van der Waals surface area contributed by atoms with Crippen molar-refractivity contribution in [2.75, 3.05) is 50.2 Å². The number of hydrogen-bond acceptors (Lipinski definition) is 8. The Morgan fingerprint density at radius 3 is 2.60 bits per heavy atom. The monoisotopic (exact) mass is 581 g/mol. The number of hydrogen-bond donors (Lipinski definition) is 3. The quantitative estimate of drug-likeness (QED) is 0.291. The average molecular weight is 582 g/mol. The van der Waals surface area contributed by atoms with Crippen molar-refractivity contribution in [1.82, 2.24) is 4.90 Å². The van der Waals surface area contributed by atoms with E-state index in [1.54, 1.807) is 23.5 Å². The van der Waals surface area contributed by atoms with Crippen LogP contribution >= 0.6 is 11.3 Å². The summed E-state index contributed by atoms with van der Waals surface area (Å²) in [5, 5.41) is 18.1. The number of β-amino-alcohol motifs (C(OH)–C–C–N with tert-alkyl or cyclic N) is 1. The van der Waals surface area contributed by atoms with Gasteiger partial charge in [0.1, 0.15) is 5.75 Å². The maximum Gasteiger partial charge on any atom is 0.175 e. The highest BCUT2D eigenvalue weighted by molar-refractivity contribution is 7.90. The highest BCUT2D eigenvalue weighted by Gasteiger charge is 2.26. The molecule has 0 radical (unpaired) electrons. The summed E-state index contributed by atoms with van der Waals surface area (Å²) in [5.74, 6) is 7.97. The lowest BCUT2D eigenvalue weighted by atomic mass is 10.0. The number of anilines is 2. The van der Waals surface area contributed by atoms with Crippen molar-refractivity contribution >= 4 is 42.6 Å². The maximum atomic E-state index is 11.9. The predicted molar refractivity (Wildman–Crippen MR) is 164 cm³/mol. The molecule has 1 atom stereocenters. The Morgan fingerprint density at radius 2 is 1.93 bits per heavy atom. The van der Waals surface area contributed by atoms with Crippen molar-refractivity contribution in [2.24, 2.45) is 5.92 Å². The molecule has 1 saturated carbocycles. The predicted octanol–water partition coefficient (Wildman–Crippen LogP) is 4.99. The van der Waals surface area contributed by atoms with Gasteiger partial charge < -0.3 is 25.4 Å². The number of rotatable bonds is 10. The third-order valence-electron chi connectivity index (χ3n) is 7.65. The number of aliphatic hydroxyl groups is 1. The first kappa shape index (κ1) is 28.7. The smallest absolute Gasteiger partial charge is 0.175 e. The van der Waals surface area contributed by atoms with Crippen molar-refractivity contribution in [1.29, 1.82) is 0 Å². The van der Waals surface area contributed by atoms with Crippen LogP contribution in [0.5, 0.6) is 5.75 Å². The van der Waals surface area contributed by atoms with Crippen LogP contribution in [0.2, 0.25) is 0 Å². The van der Waals surface area contributed by atoms with E-state index in [0.717, 1.165) is 49.7 Å². The minimum absolute atomic E-state index is 0.228. The number of piperidine rings is 1. The molecule has 2 aromatic carbocycles. The Morgan fingerprint density at radius 1 is 1.15 bits per heavy atom. The lowest BCUT2D eigenvalue weighted by Crippen LogP contribution is -2.41. The highest BCUT2D eigenvalue weighted by atomic mass is 32.2. The van der Waals surface area contributed by atoms with Gasteiger partial charge in [0.25, 0.3) is 0 Å². The number of fused-ring (bicyclic) bond motifs is 1. The van der Waals surface area contributed by atoms with Crippen LogP contribution in [0, 0.1) is 17.8 Å². The molecule has 2 fully saturated rings. The van der Waals surface area contributed by atoms with Crippen LogP contribution in [0.1, 0.15) is 43.0 Å². The average Bonchev–Trinajstić information content (AvgIpc) is 3.67. The van der Waals surface area contributed by atoms with Gasteiger partial charge in [0.15, 0.2) is 9.84 Å². The number of thiophene rings is 1. The fraction of sp³-hybridized carbons (Fsp3) is 0.484. The van der Waals surface area contributed by atoms with E-state index in [1.807, 2.05) is 6.92 Å². The zero-order chi connectivity index (χ0) is 28.3. The third kappa shape index (κ3) is 7.10. The van der Waals surface area contributed by atoms with E-state index in [-0.39, 0.29) is 11.0 Å². The van der Waals surface area contributed by atoms with Crippen LogP contribution in [0.15, 0.2) is 41.3 Å². The van der Waals surface area contributed by atoms with Crippen molar-refractivity contribution < 1.29 is 18.3 Å². The van der Waals surface area contributed by atoms with Gasteiger partial charge in [-0.2, -0.15) is 0 Å². The molecule has 0 spiro atoms. The maximum absolute atomic E-state index is 11.9. The standard InChI is InChI=1S/C31H39N3O4S2/c1-21(35)20-34-16-13-23(14-17-34)33-28-7-4-6-25-26(18-22-9-10-22)30(39-31(25)28)8-5-15-32-27-12-11-24(40(3,36)37)19-29(27)38-2/h4,6-7,11-12,19,21-23,32-33,35H,9-10,13-18,20H2,1-3H3. The lowest BCUT2D eigenvalue weighted by Gasteiger charge is -2.33. The first-order valence-electron chi connectivity index (χ1n) is 14.0. The first-order valence-corrected chi connectivity index (χ1v) is 16.7. The first-order chi connectivity index (χ1) is 19.2. The van der Waals surface area contributed by atoms with Crippen molar-refractivity contribution in [3.63, 3.8) is 0 Å². The largest absolute Gasteiger partial charge is 0.495 e. The van der Waals surface area contributed by atoms with Crippen LogP contribution < -0.4 is 15.4 Å². The Kier molecular flexibility index (Phi) is 8.91. The topological polar surface area (TPSA) is 90.9 Å². The van der Waals surface area contributed by atoms with Crippen molar-refractivity contribution in [2.45, 2.75) is 56.1 Å². The molecule has 2 heterocycles. The summed E-state index contributed by atoms with van der Waals surface area (Å²) in [6.07, 6.45) is 6.68. The van der Waals surface area contributed by atoms with Crippen LogP contribution in [0.3, 0.4) is 0 Å². The molecule has 9 heteroatoms. The van der Waals surface area contributed by atoms with E-state index >= 15 is 0 Å². The van der Waals surface area contributed by atoms with Gasteiger partial charge >= 0.3 is 0 Å². The number of methoxy groups -OCH3 is 1. The van der Waals surface area contributed by atoms with Crippen LogP contribution in [-0.4, -0.2) is 70.1 Å². The Labute approximate surface area is 241 Å². The normalized spacial score (nSPS) is 17.3. The minimum Gasteiger partial charge on any atom is -0.495 e. The van der Waals surface area contributed by atoms with E-state index in [2.05, 4.69) is 45.6 Å². The molecule has 3 aromatic rings. The number of ether oxygens (including phenoxy) is 1. The molecule has 1 aromatic heterocycles. The molecule has 40 heavy (non-hydrogen) atoms. The number of aliphatic hydroxyl groups excluding tert-OH is 1. The van der Waals surface area contributed by atoms with Crippen molar-refractivity contribution in [3.8, 4) is 17.6 Å². The van der Waals surface area contributed by atoms with Gasteiger partial charge in [-0.25, -0.2) is 8.42 Å². The summed E-state index contributed by atoms with van der Waals surface area (Å²) in [6.45, 7) is 5.02. The molecule has 1 saturated heterocycles. The van der Waals surface area contributed by atoms with E-state index in [9.17, 15) is 13.5 Å². The van der Waals surface area contributed by atoms with Gasteiger partial charge in [-0.1, -0.05) is 24.0 Å². The molecule has 1 unspecified atom stereocenters. The number of nitrogens with zero attached hydrogens (tertiary/aromatic N) is 1. The van der Waals surface area contributed by atoms with E-state index in [4.69, 9.17) is 4.74 Å². The molecule has 1 aliphatic carbocycles. The zero-order valence-electron chi connectivity index (χ0n) is 23.5. The molecule has 2 aliphatic rings. The number of likely N-dealkylation sites (tertiary alicyclic amines) is 1. The summed E-state index contributed by atoms with van der Waals surface area (Å²) in [5.41, 5.74) is 3.26. The summed E-state index contributed by atoms with van der Waals surface area (Å²) in [6, 6.07) is 11.8. The second-order valence-electron chi connectivity index (χ2n) is 11.1. The number of sulfone groups is 1. The van der Waals surface area contributed by atoms with Gasteiger partial charge in [0.05, 0.1) is 45.6 Å². The fourth-order valence-corrected chi connectivity index (χ4v) is 7.18. The van der Waals surface area contributed by atoms with Crippen molar-refractivity contribution in [3.05, 3.63) is 46.8 Å². The molecule has 3 N–H and O–H groups in total. The van der Waals surface area contributed by atoms with Crippen LogP contribution in [-0.2, 0) is 16.3 Å². The zero-order valence-corrected chi connectivity index (χ0v) is 25.1. The fourth-order valence-electron chi connectivity index (χ4n) is 5.36. The van der Waals surface area contributed by atoms with E-state index in [0.29, 0.717) is 24.0 Å². The third-order valence-corrected chi connectivity index (χ3v) is 9.95. The highest BCUT2D eigenvalue weighted by Crippen LogP contribution is 2.41. The minimum atomic E-state index is -3.31. The second-order valence-corrected chi connectivity index (χ2v) is 14.1. The molecule has 7 nitrogen and oxygen atoms in total. The van der Waals surface area contributed by atoms with Gasteiger partial charge in [-0.3, -0.25) is 0 Å². The second kappa shape index (κ2) is 12.4. The Hall–Kier alpha value is -2.77. The number of benzene rings is 2. The van der Waals surface area contributed by atoms with E-state index < -0.39 is 9.84 Å². The SMILES string of the molecule is COc1cc(S(C)(=O)=O)ccc1NCC#Cc1sc2c(NC3CCN(CC(C)O)CC3)cccc2c1CC1CC1. The molecule has 1 aliphatic heterocycles. The molecule has 0 amide bonds. The molecular weight excluding hydrogens is 542 g/mol. The van der Waals surface area contributed by atoms with Crippen LogP contribution in [0.4, 0.5) is 11.4 Å². The molecule has 0 bridgehead atoms. The Balaban J connectivity index is 1.32. The lowest BCUT2D eigenvalue weighted by molar-refractivity contribution is 0.111. The van der Waals surface area contributed by atoms with Gasteiger partial charge in [0.2, 0.25) is 0 Å². The van der Waals surface area contributed by atoms with Gasteiger partial charge in [-0.15, -0.1) is 11.3 Å². The van der Waals surface area contributed by atoms with E-state index in [1.165, 1.54) is 53.6 Å².